The van der Waals surface area contributed by atoms with E-state index in [4.69, 9.17) is 0 Å². The first-order valence-corrected chi connectivity index (χ1v) is 9.34. The Hall–Kier alpha value is -4.33. The number of carbonyl (C=O) groups excluding carboxylic acids is 1. The van der Waals surface area contributed by atoms with Crippen molar-refractivity contribution in [3.05, 3.63) is 89.3 Å². The molecule has 146 valence electrons. The van der Waals surface area contributed by atoms with E-state index in [0.717, 1.165) is 16.7 Å². The van der Waals surface area contributed by atoms with E-state index in [-0.39, 0.29) is 17.9 Å². The number of pyridine rings is 1. The van der Waals surface area contributed by atoms with E-state index in [2.05, 4.69) is 20.8 Å². The molecule has 2 aromatic heterocycles. The number of aromatic nitrogens is 5. The van der Waals surface area contributed by atoms with Crippen LogP contribution in [0.15, 0.2) is 83.9 Å². The number of carbonyl (C=O) groups is 1. The molecule has 3 aromatic carbocycles. The maximum atomic E-state index is 12.8. The largest absolute Gasteiger partial charge is 0.331 e. The number of tetrazole rings is 1. The van der Waals surface area contributed by atoms with Crippen molar-refractivity contribution in [1.29, 1.82) is 0 Å². The van der Waals surface area contributed by atoms with E-state index in [0.29, 0.717) is 16.5 Å². The molecule has 0 spiro atoms. The number of hydrogen-bond acceptors (Lipinski definition) is 5. The molecular formula is C22H16N6O2. The fraction of sp³-hybridized carbons (Fsp3) is 0.0455. The molecule has 0 saturated carbocycles. The number of benzene rings is 3. The van der Waals surface area contributed by atoms with Gasteiger partial charge in [-0.05, 0) is 59.0 Å². The molecule has 1 N–H and O–H groups in total. The highest BCUT2D eigenvalue weighted by atomic mass is 16.2. The monoisotopic (exact) mass is 396 g/mol. The molecule has 0 fully saturated rings. The number of anilines is 1. The highest BCUT2D eigenvalue weighted by Crippen LogP contribution is 2.19. The quantitative estimate of drug-likeness (QED) is 0.472. The molecule has 0 unspecified atom stereocenters. The summed E-state index contributed by atoms with van der Waals surface area (Å²) in [7, 11) is 0. The van der Waals surface area contributed by atoms with E-state index in [1.54, 1.807) is 24.3 Å². The summed E-state index contributed by atoms with van der Waals surface area (Å²) in [6.45, 7) is 0.0794. The number of para-hydroxylation sites is 2. The molecular weight excluding hydrogens is 380 g/mol. The lowest BCUT2D eigenvalue weighted by molar-refractivity contribution is -0.116. The smallest absolute Gasteiger partial charge is 0.244 e. The summed E-state index contributed by atoms with van der Waals surface area (Å²) in [5, 5.41) is 15.1. The Kier molecular flexibility index (Phi) is 4.29. The van der Waals surface area contributed by atoms with Crippen LogP contribution in [0.3, 0.4) is 0 Å². The Balaban J connectivity index is 1.47. The number of fused-ring (bicyclic) bond motifs is 2. The summed E-state index contributed by atoms with van der Waals surface area (Å²) in [4.78, 5) is 25.6. The van der Waals surface area contributed by atoms with Crippen molar-refractivity contribution in [2.75, 3.05) is 5.32 Å². The number of hydrogen-bond donors (Lipinski definition) is 1. The van der Waals surface area contributed by atoms with Gasteiger partial charge >= 0.3 is 0 Å². The normalized spacial score (nSPS) is 11.1. The topological polar surface area (TPSA) is 94.7 Å². The van der Waals surface area contributed by atoms with E-state index < -0.39 is 0 Å². The molecule has 0 atom stereocenters. The number of amides is 1. The number of nitrogens with one attached hydrogen (secondary N) is 1. The second-order valence-corrected chi connectivity index (χ2v) is 6.80. The van der Waals surface area contributed by atoms with Gasteiger partial charge in [0.25, 0.3) is 0 Å². The van der Waals surface area contributed by atoms with Gasteiger partial charge in [-0.1, -0.05) is 24.3 Å². The van der Waals surface area contributed by atoms with E-state index in [1.165, 1.54) is 11.0 Å². The van der Waals surface area contributed by atoms with Crippen LogP contribution in [0.25, 0.3) is 27.5 Å². The van der Waals surface area contributed by atoms with Crippen molar-refractivity contribution < 1.29 is 4.79 Å². The van der Waals surface area contributed by atoms with Gasteiger partial charge in [0.2, 0.25) is 5.91 Å². The Morgan fingerprint density at radius 2 is 1.50 bits per heavy atom. The molecule has 8 heteroatoms. The van der Waals surface area contributed by atoms with Crippen LogP contribution in [0.5, 0.6) is 0 Å². The summed E-state index contributed by atoms with van der Waals surface area (Å²) in [6, 6.07) is 21.9. The zero-order valence-corrected chi connectivity index (χ0v) is 15.8. The van der Waals surface area contributed by atoms with Crippen molar-refractivity contribution in [1.82, 2.24) is 24.8 Å². The minimum atomic E-state index is -0.191. The number of rotatable bonds is 4. The van der Waals surface area contributed by atoms with Crippen molar-refractivity contribution in [2.24, 2.45) is 0 Å². The van der Waals surface area contributed by atoms with Crippen molar-refractivity contribution in [3.8, 4) is 5.69 Å². The molecule has 1 amide bonds. The lowest BCUT2D eigenvalue weighted by Crippen LogP contribution is -2.21. The zero-order valence-electron chi connectivity index (χ0n) is 15.8. The van der Waals surface area contributed by atoms with E-state index in [9.17, 15) is 9.59 Å². The molecule has 0 saturated heterocycles. The highest BCUT2D eigenvalue weighted by Gasteiger charge is 2.13. The predicted molar refractivity (Wildman–Crippen MR) is 113 cm³/mol. The van der Waals surface area contributed by atoms with Gasteiger partial charge in [-0.15, -0.1) is 5.10 Å². The van der Waals surface area contributed by atoms with Gasteiger partial charge < -0.3 is 9.88 Å². The van der Waals surface area contributed by atoms with Crippen LogP contribution in [0.4, 0.5) is 5.69 Å². The second-order valence-electron chi connectivity index (χ2n) is 6.80. The Morgan fingerprint density at radius 3 is 2.10 bits per heavy atom. The SMILES string of the molecule is O=C(Cn1c2ccccc2c(=O)c2ccccc21)Nc1ccc(-n2cnnn2)cc1. The maximum Gasteiger partial charge on any atom is 0.244 e. The van der Waals surface area contributed by atoms with Crippen LogP contribution >= 0.6 is 0 Å². The second kappa shape index (κ2) is 7.25. The van der Waals surface area contributed by atoms with Crippen LogP contribution in [0.1, 0.15) is 0 Å². The van der Waals surface area contributed by atoms with Gasteiger partial charge in [0.05, 0.1) is 16.7 Å². The van der Waals surface area contributed by atoms with E-state index >= 15 is 0 Å². The molecule has 0 aliphatic rings. The van der Waals surface area contributed by atoms with Gasteiger partial charge in [-0.25, -0.2) is 4.68 Å². The van der Waals surface area contributed by atoms with Crippen LogP contribution in [-0.4, -0.2) is 30.7 Å². The first-order chi connectivity index (χ1) is 14.7. The first kappa shape index (κ1) is 17.7. The summed E-state index contributed by atoms with van der Waals surface area (Å²) >= 11 is 0. The highest BCUT2D eigenvalue weighted by molar-refractivity contribution is 5.97. The number of nitrogens with zero attached hydrogens (tertiary/aromatic N) is 5. The molecule has 5 aromatic rings. The fourth-order valence-electron chi connectivity index (χ4n) is 3.57. The molecule has 8 nitrogen and oxygen atoms in total. The average molecular weight is 396 g/mol. The van der Waals surface area contributed by atoms with Crippen LogP contribution < -0.4 is 10.7 Å². The van der Waals surface area contributed by atoms with Crippen LogP contribution in [-0.2, 0) is 11.3 Å². The Bertz CT molecular complexity index is 1360. The lowest BCUT2D eigenvalue weighted by atomic mass is 10.1. The van der Waals surface area contributed by atoms with Crippen molar-refractivity contribution in [2.45, 2.75) is 6.54 Å². The van der Waals surface area contributed by atoms with Gasteiger partial charge in [0.1, 0.15) is 12.9 Å². The molecule has 0 radical (unpaired) electrons. The molecule has 30 heavy (non-hydrogen) atoms. The van der Waals surface area contributed by atoms with Crippen molar-refractivity contribution >= 4 is 33.4 Å². The Morgan fingerprint density at radius 1 is 0.867 bits per heavy atom. The molecule has 2 heterocycles. The summed E-state index contributed by atoms with van der Waals surface area (Å²) < 4.78 is 3.40. The maximum absolute atomic E-state index is 12.8. The third-order valence-corrected chi connectivity index (χ3v) is 4.95. The summed E-state index contributed by atoms with van der Waals surface area (Å²) in [6.07, 6.45) is 1.50. The molecule has 0 aliphatic heterocycles. The Labute approximate surface area is 170 Å². The minimum absolute atomic E-state index is 0.0314. The summed E-state index contributed by atoms with van der Waals surface area (Å²) in [5.41, 5.74) is 2.87. The zero-order chi connectivity index (χ0) is 20.5. The summed E-state index contributed by atoms with van der Waals surface area (Å²) in [5.74, 6) is -0.191. The fourth-order valence-corrected chi connectivity index (χ4v) is 3.57. The van der Waals surface area contributed by atoms with E-state index in [1.807, 2.05) is 53.1 Å². The van der Waals surface area contributed by atoms with Gasteiger partial charge in [0.15, 0.2) is 5.43 Å². The van der Waals surface area contributed by atoms with Crippen LogP contribution in [0, 0.1) is 0 Å². The van der Waals surface area contributed by atoms with Gasteiger partial charge in [0, 0.05) is 16.5 Å². The third kappa shape index (κ3) is 3.10. The van der Waals surface area contributed by atoms with Gasteiger partial charge in [-0.2, -0.15) is 0 Å². The predicted octanol–water partition coefficient (Wildman–Crippen LogP) is 2.77. The first-order valence-electron chi connectivity index (χ1n) is 9.34. The van der Waals surface area contributed by atoms with Gasteiger partial charge in [-0.3, -0.25) is 9.59 Å². The molecule has 5 rings (SSSR count). The minimum Gasteiger partial charge on any atom is -0.331 e. The lowest BCUT2D eigenvalue weighted by Gasteiger charge is -2.15. The van der Waals surface area contributed by atoms with Crippen LogP contribution in [0.2, 0.25) is 0 Å². The third-order valence-electron chi connectivity index (χ3n) is 4.95. The van der Waals surface area contributed by atoms with Crippen molar-refractivity contribution in [3.63, 3.8) is 0 Å². The standard InChI is InChI=1S/C22H16N6O2/c29-21(24-15-9-11-16(12-10-15)28-14-23-25-26-28)13-27-19-7-3-1-5-17(19)22(30)18-6-2-4-8-20(18)27/h1-12,14H,13H2,(H,24,29). The molecule has 0 bridgehead atoms. The molecule has 0 aliphatic carbocycles. The average Bonchev–Trinajstić information content (AvgIpc) is 3.32.